The standard InChI is InChI=1S/C20H23N3O3S/c1-26-20(16-5-3-2-4-6-16)7-10-22(11-8-20)18(25)15-13-17(24)23(14-15)19-21-9-12-27-19/h2-6,9,12,15H,7-8,10-11,13-14H2,1H3. The first-order valence-electron chi connectivity index (χ1n) is 9.22. The van der Waals surface area contributed by atoms with Crippen LogP contribution in [0.3, 0.4) is 0 Å². The summed E-state index contributed by atoms with van der Waals surface area (Å²) in [6.07, 6.45) is 3.47. The Morgan fingerprint density at radius 1 is 1.26 bits per heavy atom. The highest BCUT2D eigenvalue weighted by Crippen LogP contribution is 2.37. The molecule has 2 aliphatic heterocycles. The number of ether oxygens (including phenoxy) is 1. The van der Waals surface area contributed by atoms with Gasteiger partial charge < -0.3 is 9.64 Å². The summed E-state index contributed by atoms with van der Waals surface area (Å²) in [4.78, 5) is 33.0. The second-order valence-electron chi connectivity index (χ2n) is 7.11. The van der Waals surface area contributed by atoms with Crippen molar-refractivity contribution in [2.24, 2.45) is 5.92 Å². The van der Waals surface area contributed by atoms with Crippen LogP contribution in [-0.2, 0) is 19.9 Å². The van der Waals surface area contributed by atoms with E-state index in [0.29, 0.717) is 24.8 Å². The van der Waals surface area contributed by atoms with Gasteiger partial charge >= 0.3 is 0 Å². The molecule has 0 N–H and O–H groups in total. The molecule has 1 aromatic carbocycles. The quantitative estimate of drug-likeness (QED) is 0.812. The molecule has 2 aliphatic rings. The topological polar surface area (TPSA) is 62.7 Å². The number of likely N-dealkylation sites (tertiary alicyclic amines) is 1. The van der Waals surface area contributed by atoms with E-state index in [1.165, 1.54) is 11.3 Å². The lowest BCUT2D eigenvalue weighted by molar-refractivity contribution is -0.141. The summed E-state index contributed by atoms with van der Waals surface area (Å²) in [7, 11) is 1.74. The Morgan fingerprint density at radius 2 is 2.00 bits per heavy atom. The molecule has 0 radical (unpaired) electrons. The number of amides is 2. The van der Waals surface area contributed by atoms with E-state index in [9.17, 15) is 9.59 Å². The first-order chi connectivity index (χ1) is 13.1. The van der Waals surface area contributed by atoms with Crippen molar-refractivity contribution in [3.8, 4) is 0 Å². The lowest BCUT2D eigenvalue weighted by Crippen LogP contribution is -2.48. The summed E-state index contributed by atoms with van der Waals surface area (Å²) in [5.41, 5.74) is 0.821. The molecule has 0 spiro atoms. The number of nitrogens with zero attached hydrogens (tertiary/aromatic N) is 3. The molecular formula is C20H23N3O3S. The monoisotopic (exact) mass is 385 g/mol. The van der Waals surface area contributed by atoms with E-state index in [1.54, 1.807) is 18.2 Å². The van der Waals surface area contributed by atoms with Crippen LogP contribution in [0.25, 0.3) is 0 Å². The van der Waals surface area contributed by atoms with Gasteiger partial charge in [-0.15, -0.1) is 11.3 Å². The summed E-state index contributed by atoms with van der Waals surface area (Å²) in [5.74, 6) is -0.232. The molecule has 3 heterocycles. The average Bonchev–Trinajstić information content (AvgIpc) is 3.38. The van der Waals surface area contributed by atoms with Gasteiger partial charge in [0.05, 0.1) is 11.5 Å². The minimum absolute atomic E-state index is 0.0177. The zero-order valence-electron chi connectivity index (χ0n) is 15.3. The maximum absolute atomic E-state index is 13.0. The third-order valence-corrected chi connectivity index (χ3v) is 6.49. The second kappa shape index (κ2) is 7.40. The van der Waals surface area contributed by atoms with E-state index in [0.717, 1.165) is 18.4 Å². The number of aromatic nitrogens is 1. The minimum atomic E-state index is -0.337. The lowest BCUT2D eigenvalue weighted by atomic mass is 9.84. The molecule has 2 aromatic rings. The van der Waals surface area contributed by atoms with Gasteiger partial charge in [0, 0.05) is 44.7 Å². The smallest absolute Gasteiger partial charge is 0.229 e. The Hall–Kier alpha value is -2.25. The normalized spacial score (nSPS) is 22.3. The van der Waals surface area contributed by atoms with Gasteiger partial charge in [-0.1, -0.05) is 30.3 Å². The second-order valence-corrected chi connectivity index (χ2v) is 7.98. The van der Waals surface area contributed by atoms with Crippen molar-refractivity contribution in [2.75, 3.05) is 31.6 Å². The third-order valence-electron chi connectivity index (χ3n) is 5.70. The Balaban J connectivity index is 1.41. The molecular weight excluding hydrogens is 362 g/mol. The molecule has 0 aliphatic carbocycles. The lowest BCUT2D eigenvalue weighted by Gasteiger charge is -2.41. The Bertz CT molecular complexity index is 801. The summed E-state index contributed by atoms with van der Waals surface area (Å²) in [5, 5.41) is 2.52. The summed E-state index contributed by atoms with van der Waals surface area (Å²) in [6.45, 7) is 1.71. The summed E-state index contributed by atoms with van der Waals surface area (Å²) >= 11 is 1.43. The van der Waals surface area contributed by atoms with Crippen LogP contribution in [0.1, 0.15) is 24.8 Å². The molecule has 1 aromatic heterocycles. The number of rotatable bonds is 4. The molecule has 0 saturated carbocycles. The number of carbonyl (C=O) groups excluding carboxylic acids is 2. The van der Waals surface area contributed by atoms with Crippen LogP contribution in [0, 0.1) is 5.92 Å². The van der Waals surface area contributed by atoms with Gasteiger partial charge in [0.25, 0.3) is 0 Å². The molecule has 2 amide bonds. The van der Waals surface area contributed by atoms with Crippen molar-refractivity contribution in [3.63, 3.8) is 0 Å². The molecule has 0 bridgehead atoms. The number of hydrogen-bond acceptors (Lipinski definition) is 5. The largest absolute Gasteiger partial charge is 0.373 e. The minimum Gasteiger partial charge on any atom is -0.373 e. The van der Waals surface area contributed by atoms with E-state index < -0.39 is 0 Å². The molecule has 2 saturated heterocycles. The Morgan fingerprint density at radius 3 is 2.63 bits per heavy atom. The van der Waals surface area contributed by atoms with Gasteiger partial charge in [0.2, 0.25) is 11.8 Å². The van der Waals surface area contributed by atoms with Crippen LogP contribution < -0.4 is 4.90 Å². The number of thiazole rings is 1. The molecule has 2 fully saturated rings. The number of carbonyl (C=O) groups is 2. The number of anilines is 1. The Labute approximate surface area is 162 Å². The molecule has 27 heavy (non-hydrogen) atoms. The van der Waals surface area contributed by atoms with Gasteiger partial charge in [-0.2, -0.15) is 0 Å². The van der Waals surface area contributed by atoms with Crippen LogP contribution in [0.4, 0.5) is 5.13 Å². The van der Waals surface area contributed by atoms with E-state index in [4.69, 9.17) is 4.74 Å². The van der Waals surface area contributed by atoms with Crippen LogP contribution in [0.15, 0.2) is 41.9 Å². The molecule has 6 nitrogen and oxygen atoms in total. The van der Waals surface area contributed by atoms with E-state index in [2.05, 4.69) is 17.1 Å². The molecule has 142 valence electrons. The highest BCUT2D eigenvalue weighted by molar-refractivity contribution is 7.13. The predicted octanol–water partition coefficient (Wildman–Crippen LogP) is 2.66. The third kappa shape index (κ3) is 3.37. The first kappa shape index (κ1) is 18.1. The fourth-order valence-electron chi connectivity index (χ4n) is 4.11. The molecule has 4 rings (SSSR count). The molecule has 7 heteroatoms. The number of benzene rings is 1. The Kier molecular flexibility index (Phi) is 4.97. The van der Waals surface area contributed by atoms with E-state index in [1.807, 2.05) is 28.5 Å². The number of methoxy groups -OCH3 is 1. The summed E-state index contributed by atoms with van der Waals surface area (Å²) in [6, 6.07) is 10.2. The van der Waals surface area contributed by atoms with E-state index in [-0.39, 0.29) is 29.8 Å². The maximum atomic E-state index is 13.0. The van der Waals surface area contributed by atoms with Crippen molar-refractivity contribution >= 4 is 28.3 Å². The highest BCUT2D eigenvalue weighted by Gasteiger charge is 2.42. The fourth-order valence-corrected chi connectivity index (χ4v) is 4.77. The average molecular weight is 385 g/mol. The SMILES string of the molecule is COC1(c2ccccc2)CCN(C(=O)C2CC(=O)N(c3nccs3)C2)CC1. The first-order valence-corrected chi connectivity index (χ1v) is 10.1. The van der Waals surface area contributed by atoms with Gasteiger partial charge in [0.15, 0.2) is 5.13 Å². The van der Waals surface area contributed by atoms with Crippen LogP contribution in [0.5, 0.6) is 0 Å². The van der Waals surface area contributed by atoms with Crippen molar-refractivity contribution in [1.29, 1.82) is 0 Å². The van der Waals surface area contributed by atoms with Crippen molar-refractivity contribution in [1.82, 2.24) is 9.88 Å². The maximum Gasteiger partial charge on any atom is 0.229 e. The molecule has 1 unspecified atom stereocenters. The fraction of sp³-hybridized carbons (Fsp3) is 0.450. The number of piperidine rings is 1. The zero-order valence-corrected chi connectivity index (χ0v) is 16.2. The van der Waals surface area contributed by atoms with Crippen LogP contribution in [0.2, 0.25) is 0 Å². The van der Waals surface area contributed by atoms with Crippen LogP contribution >= 0.6 is 11.3 Å². The molecule has 1 atom stereocenters. The van der Waals surface area contributed by atoms with E-state index >= 15 is 0 Å². The van der Waals surface area contributed by atoms with Gasteiger partial charge in [-0.25, -0.2) is 4.98 Å². The van der Waals surface area contributed by atoms with Gasteiger partial charge in [-0.3, -0.25) is 14.5 Å². The highest BCUT2D eigenvalue weighted by atomic mass is 32.1. The van der Waals surface area contributed by atoms with Crippen molar-refractivity contribution in [2.45, 2.75) is 24.9 Å². The van der Waals surface area contributed by atoms with Crippen molar-refractivity contribution < 1.29 is 14.3 Å². The number of hydrogen-bond donors (Lipinski definition) is 0. The van der Waals surface area contributed by atoms with Gasteiger partial charge in [-0.05, 0) is 18.4 Å². The van der Waals surface area contributed by atoms with Crippen molar-refractivity contribution in [3.05, 3.63) is 47.5 Å². The van der Waals surface area contributed by atoms with Gasteiger partial charge in [0.1, 0.15) is 0 Å². The summed E-state index contributed by atoms with van der Waals surface area (Å²) < 4.78 is 5.89. The predicted molar refractivity (Wildman–Crippen MR) is 104 cm³/mol. The van der Waals surface area contributed by atoms with Crippen LogP contribution in [-0.4, -0.2) is 48.4 Å². The zero-order chi connectivity index (χ0) is 18.9.